The molecule has 2 aromatic heterocycles. The average Bonchev–Trinajstić information content (AvgIpc) is 3.26. The third-order valence-corrected chi connectivity index (χ3v) is 5.05. The molecule has 2 N–H and O–H groups in total. The van der Waals surface area contributed by atoms with Gasteiger partial charge in [0.1, 0.15) is 0 Å². The number of carbonyl (C=O) groups excluding carboxylic acids is 1. The summed E-state index contributed by atoms with van der Waals surface area (Å²) in [5.74, 6) is 0.510. The molecule has 0 saturated heterocycles. The number of anilines is 1. The van der Waals surface area contributed by atoms with Crippen molar-refractivity contribution in [2.45, 2.75) is 33.2 Å². The Morgan fingerprint density at radius 2 is 2.10 bits per heavy atom. The van der Waals surface area contributed by atoms with Crippen molar-refractivity contribution < 1.29 is 9.53 Å². The Balaban J connectivity index is 1.53. The Morgan fingerprint density at radius 3 is 2.97 bits per heavy atom. The molecular weight excluding hydrogens is 364 g/mol. The summed E-state index contributed by atoms with van der Waals surface area (Å²) in [4.78, 5) is 20.7. The maximum absolute atomic E-state index is 12.8. The second kappa shape index (κ2) is 8.49. The number of amides is 1. The number of hydrogen-bond donors (Lipinski definition) is 2. The monoisotopic (exact) mass is 390 g/mol. The number of H-pyrrole nitrogens is 1. The molecular formula is C23H26N4O2. The van der Waals surface area contributed by atoms with Gasteiger partial charge in [0.25, 0.3) is 0 Å². The minimum atomic E-state index is -0.0761. The molecule has 150 valence electrons. The van der Waals surface area contributed by atoms with Crippen LogP contribution in [0.5, 0.6) is 0 Å². The number of para-hydroxylation sites is 2. The average molecular weight is 390 g/mol. The van der Waals surface area contributed by atoms with Gasteiger partial charge >= 0.3 is 0 Å². The lowest BCUT2D eigenvalue weighted by atomic mass is 10.1. The first-order chi connectivity index (χ1) is 14.2. The number of rotatable bonds is 8. The van der Waals surface area contributed by atoms with Crippen molar-refractivity contribution in [3.05, 3.63) is 59.8 Å². The van der Waals surface area contributed by atoms with Gasteiger partial charge in [-0.05, 0) is 49.6 Å². The Labute approximate surface area is 169 Å². The number of benzene rings is 2. The van der Waals surface area contributed by atoms with Crippen molar-refractivity contribution in [2.75, 3.05) is 18.5 Å². The standard InChI is InChI=1S/C23H26N4O2/c1-3-29-12-6-11-27-21-8-5-4-7-19(21)25-23(27)26-22(28)14-17-15-24-20-13-16(2)9-10-18(17)20/h4-5,7-10,13,15,24H,3,6,11-12,14H2,1-2H3,(H,25,26,28). The molecule has 0 radical (unpaired) electrons. The molecule has 4 aromatic rings. The molecule has 1 amide bonds. The van der Waals surface area contributed by atoms with Crippen molar-refractivity contribution in [2.24, 2.45) is 0 Å². The van der Waals surface area contributed by atoms with Crippen LogP contribution in [-0.4, -0.2) is 33.7 Å². The van der Waals surface area contributed by atoms with E-state index in [-0.39, 0.29) is 5.91 Å². The predicted molar refractivity (Wildman–Crippen MR) is 116 cm³/mol. The Morgan fingerprint density at radius 1 is 1.24 bits per heavy atom. The first-order valence-electron chi connectivity index (χ1n) is 10.0. The van der Waals surface area contributed by atoms with Crippen LogP contribution in [0.1, 0.15) is 24.5 Å². The van der Waals surface area contributed by atoms with Crippen molar-refractivity contribution >= 4 is 33.8 Å². The van der Waals surface area contributed by atoms with Crippen LogP contribution in [0, 0.1) is 6.92 Å². The number of nitrogens with zero attached hydrogens (tertiary/aromatic N) is 2. The third kappa shape index (κ3) is 4.17. The van der Waals surface area contributed by atoms with E-state index in [1.54, 1.807) is 0 Å². The number of aromatic amines is 1. The summed E-state index contributed by atoms with van der Waals surface area (Å²) >= 11 is 0. The summed E-state index contributed by atoms with van der Waals surface area (Å²) in [5, 5.41) is 4.09. The molecule has 0 unspecified atom stereocenters. The summed E-state index contributed by atoms with van der Waals surface area (Å²) in [6.45, 7) is 6.18. The number of fused-ring (bicyclic) bond motifs is 2. The normalized spacial score (nSPS) is 11.4. The molecule has 0 spiro atoms. The molecule has 4 rings (SSSR count). The molecule has 0 saturated carbocycles. The zero-order valence-electron chi connectivity index (χ0n) is 16.9. The highest BCUT2D eigenvalue weighted by molar-refractivity contribution is 5.96. The quantitative estimate of drug-likeness (QED) is 0.437. The summed E-state index contributed by atoms with van der Waals surface area (Å²) in [5.41, 5.74) is 5.12. The molecule has 0 aliphatic heterocycles. The van der Waals surface area contributed by atoms with Gasteiger partial charge in [-0.2, -0.15) is 0 Å². The Bertz CT molecular complexity index is 1140. The molecule has 0 aliphatic rings. The fraction of sp³-hybridized carbons (Fsp3) is 0.304. The van der Waals surface area contributed by atoms with Crippen LogP contribution >= 0.6 is 0 Å². The molecule has 0 fully saturated rings. The highest BCUT2D eigenvalue weighted by Crippen LogP contribution is 2.22. The van der Waals surface area contributed by atoms with Crippen LogP contribution in [0.2, 0.25) is 0 Å². The zero-order valence-corrected chi connectivity index (χ0v) is 16.9. The lowest BCUT2D eigenvalue weighted by Gasteiger charge is -2.10. The molecule has 0 atom stereocenters. The highest BCUT2D eigenvalue weighted by atomic mass is 16.5. The summed E-state index contributed by atoms with van der Waals surface area (Å²) < 4.78 is 7.52. The zero-order chi connectivity index (χ0) is 20.2. The molecule has 0 aliphatic carbocycles. The van der Waals surface area contributed by atoms with Crippen LogP contribution in [0.15, 0.2) is 48.7 Å². The maximum Gasteiger partial charge on any atom is 0.231 e. The van der Waals surface area contributed by atoms with E-state index in [0.29, 0.717) is 25.6 Å². The minimum absolute atomic E-state index is 0.0761. The second-order valence-electron chi connectivity index (χ2n) is 7.21. The van der Waals surface area contributed by atoms with Gasteiger partial charge in [-0.1, -0.05) is 24.3 Å². The number of ether oxygens (including phenoxy) is 1. The SMILES string of the molecule is CCOCCCn1c(NC(=O)Cc2c[nH]c3cc(C)ccc23)nc2ccccc21. The summed E-state index contributed by atoms with van der Waals surface area (Å²) in [7, 11) is 0. The van der Waals surface area contributed by atoms with Crippen LogP contribution in [0.3, 0.4) is 0 Å². The molecule has 2 aromatic carbocycles. The van der Waals surface area contributed by atoms with Crippen LogP contribution in [-0.2, 0) is 22.5 Å². The molecule has 6 heteroatoms. The largest absolute Gasteiger partial charge is 0.382 e. The number of imidazole rings is 1. The number of nitrogens with one attached hydrogen (secondary N) is 2. The molecule has 2 heterocycles. The smallest absolute Gasteiger partial charge is 0.231 e. The van der Waals surface area contributed by atoms with Crippen molar-refractivity contribution in [1.29, 1.82) is 0 Å². The minimum Gasteiger partial charge on any atom is -0.382 e. The first-order valence-corrected chi connectivity index (χ1v) is 10.0. The fourth-order valence-corrected chi connectivity index (χ4v) is 3.65. The molecule has 29 heavy (non-hydrogen) atoms. The summed E-state index contributed by atoms with van der Waals surface area (Å²) in [6, 6.07) is 14.2. The molecule has 0 bridgehead atoms. The third-order valence-electron chi connectivity index (χ3n) is 5.05. The van der Waals surface area contributed by atoms with Crippen LogP contribution < -0.4 is 5.32 Å². The molecule has 6 nitrogen and oxygen atoms in total. The van der Waals surface area contributed by atoms with Gasteiger partial charge in [-0.25, -0.2) is 4.98 Å². The van der Waals surface area contributed by atoms with E-state index in [0.717, 1.165) is 40.5 Å². The number of aromatic nitrogens is 3. The van der Waals surface area contributed by atoms with Crippen molar-refractivity contribution in [3.63, 3.8) is 0 Å². The summed E-state index contributed by atoms with van der Waals surface area (Å²) in [6.07, 6.45) is 3.07. The van der Waals surface area contributed by atoms with Crippen LogP contribution in [0.4, 0.5) is 5.95 Å². The van der Waals surface area contributed by atoms with Crippen molar-refractivity contribution in [1.82, 2.24) is 14.5 Å². The lowest BCUT2D eigenvalue weighted by Crippen LogP contribution is -2.18. The Kier molecular flexibility index (Phi) is 5.62. The van der Waals surface area contributed by atoms with Gasteiger partial charge in [0, 0.05) is 36.9 Å². The fourth-order valence-electron chi connectivity index (χ4n) is 3.65. The maximum atomic E-state index is 12.8. The second-order valence-corrected chi connectivity index (χ2v) is 7.21. The van der Waals surface area contributed by atoms with Gasteiger partial charge in [-0.3, -0.25) is 10.1 Å². The topological polar surface area (TPSA) is 71.9 Å². The van der Waals surface area contributed by atoms with E-state index in [1.165, 1.54) is 5.56 Å². The Hall–Kier alpha value is -3.12. The van der Waals surface area contributed by atoms with E-state index in [4.69, 9.17) is 4.74 Å². The predicted octanol–water partition coefficient (Wildman–Crippen LogP) is 4.43. The number of hydrogen-bond acceptors (Lipinski definition) is 3. The van der Waals surface area contributed by atoms with E-state index >= 15 is 0 Å². The number of carbonyl (C=O) groups is 1. The highest BCUT2D eigenvalue weighted by Gasteiger charge is 2.15. The lowest BCUT2D eigenvalue weighted by molar-refractivity contribution is -0.115. The number of aryl methyl sites for hydroxylation is 2. The first kappa shape index (κ1) is 19.2. The van der Waals surface area contributed by atoms with Crippen LogP contribution in [0.25, 0.3) is 21.9 Å². The van der Waals surface area contributed by atoms with Gasteiger partial charge < -0.3 is 14.3 Å². The van der Waals surface area contributed by atoms with Gasteiger partial charge in [-0.15, -0.1) is 0 Å². The van der Waals surface area contributed by atoms with Gasteiger partial charge in [0.15, 0.2) is 0 Å². The van der Waals surface area contributed by atoms with E-state index < -0.39 is 0 Å². The van der Waals surface area contributed by atoms with E-state index in [9.17, 15) is 4.79 Å². The van der Waals surface area contributed by atoms with Gasteiger partial charge in [0.05, 0.1) is 17.5 Å². The van der Waals surface area contributed by atoms with E-state index in [2.05, 4.69) is 45.0 Å². The van der Waals surface area contributed by atoms with Crippen molar-refractivity contribution in [3.8, 4) is 0 Å². The van der Waals surface area contributed by atoms with Gasteiger partial charge in [0.2, 0.25) is 11.9 Å². The van der Waals surface area contributed by atoms with E-state index in [1.807, 2.05) is 37.4 Å².